The summed E-state index contributed by atoms with van der Waals surface area (Å²) in [7, 11) is 1.80. The second-order valence-electron chi connectivity index (χ2n) is 3.38. The van der Waals surface area contributed by atoms with E-state index < -0.39 is 0 Å². The highest BCUT2D eigenvalue weighted by molar-refractivity contribution is 7.98. The standard InChI is InChI=1S/C12H12ClN3OS/c1-14-10-7-11(16-12(15-10)18-2)17-9-5-3-8(13)4-6-9/h3-7H,1-2H3,(H,14,15,16). The summed E-state index contributed by atoms with van der Waals surface area (Å²) >= 11 is 7.28. The second-order valence-corrected chi connectivity index (χ2v) is 4.59. The number of hydrogen-bond acceptors (Lipinski definition) is 5. The number of halogens is 1. The van der Waals surface area contributed by atoms with Crippen LogP contribution in [0.4, 0.5) is 5.82 Å². The van der Waals surface area contributed by atoms with E-state index in [-0.39, 0.29) is 0 Å². The highest BCUT2D eigenvalue weighted by atomic mass is 35.5. The fourth-order valence-electron chi connectivity index (χ4n) is 1.30. The summed E-state index contributed by atoms with van der Waals surface area (Å²) in [6.45, 7) is 0. The summed E-state index contributed by atoms with van der Waals surface area (Å²) in [6, 6.07) is 8.87. The predicted molar refractivity (Wildman–Crippen MR) is 74.9 cm³/mol. The minimum absolute atomic E-state index is 0.501. The van der Waals surface area contributed by atoms with Gasteiger partial charge in [0.15, 0.2) is 5.16 Å². The molecule has 2 aromatic rings. The van der Waals surface area contributed by atoms with Crippen molar-refractivity contribution in [2.75, 3.05) is 18.6 Å². The van der Waals surface area contributed by atoms with E-state index in [0.29, 0.717) is 21.8 Å². The van der Waals surface area contributed by atoms with E-state index in [0.717, 1.165) is 5.82 Å². The van der Waals surface area contributed by atoms with Crippen molar-refractivity contribution in [3.8, 4) is 11.6 Å². The molecule has 6 heteroatoms. The van der Waals surface area contributed by atoms with E-state index >= 15 is 0 Å². The summed E-state index contributed by atoms with van der Waals surface area (Å²) in [4.78, 5) is 8.54. The fraction of sp³-hybridized carbons (Fsp3) is 0.167. The maximum absolute atomic E-state index is 5.82. The normalized spacial score (nSPS) is 10.2. The Hall–Kier alpha value is -1.46. The minimum Gasteiger partial charge on any atom is -0.439 e. The Labute approximate surface area is 115 Å². The Morgan fingerprint density at radius 1 is 1.22 bits per heavy atom. The number of aromatic nitrogens is 2. The molecule has 1 aromatic heterocycles. The van der Waals surface area contributed by atoms with E-state index in [4.69, 9.17) is 16.3 Å². The van der Waals surface area contributed by atoms with Crippen LogP contribution in [0.5, 0.6) is 11.6 Å². The van der Waals surface area contributed by atoms with Gasteiger partial charge < -0.3 is 10.1 Å². The monoisotopic (exact) mass is 281 g/mol. The average molecular weight is 282 g/mol. The van der Waals surface area contributed by atoms with Gasteiger partial charge in [0.1, 0.15) is 11.6 Å². The Morgan fingerprint density at radius 2 is 1.94 bits per heavy atom. The fourth-order valence-corrected chi connectivity index (χ4v) is 1.80. The average Bonchev–Trinajstić information content (AvgIpc) is 2.41. The molecule has 0 aliphatic heterocycles. The van der Waals surface area contributed by atoms with Crippen LogP contribution in [0, 0.1) is 0 Å². The van der Waals surface area contributed by atoms with Crippen LogP contribution in [0.3, 0.4) is 0 Å². The first-order valence-electron chi connectivity index (χ1n) is 5.25. The van der Waals surface area contributed by atoms with Crippen LogP contribution in [-0.2, 0) is 0 Å². The molecule has 0 spiro atoms. The molecule has 1 aromatic carbocycles. The van der Waals surface area contributed by atoms with Gasteiger partial charge in [-0.05, 0) is 30.5 Å². The lowest BCUT2D eigenvalue weighted by molar-refractivity contribution is 0.456. The molecule has 0 fully saturated rings. The molecule has 0 aliphatic carbocycles. The number of nitrogens with one attached hydrogen (secondary N) is 1. The van der Waals surface area contributed by atoms with E-state index in [1.807, 2.05) is 6.26 Å². The third-order valence-corrected chi connectivity index (χ3v) is 2.96. The maximum Gasteiger partial charge on any atom is 0.225 e. The molecule has 94 valence electrons. The van der Waals surface area contributed by atoms with Crippen molar-refractivity contribution in [1.82, 2.24) is 9.97 Å². The highest BCUT2D eigenvalue weighted by Crippen LogP contribution is 2.24. The first-order valence-corrected chi connectivity index (χ1v) is 6.86. The number of nitrogens with zero attached hydrogens (tertiary/aromatic N) is 2. The Balaban J connectivity index is 2.25. The summed E-state index contributed by atoms with van der Waals surface area (Å²) < 4.78 is 5.66. The van der Waals surface area contributed by atoms with Gasteiger partial charge in [-0.2, -0.15) is 4.98 Å². The second kappa shape index (κ2) is 5.93. The topological polar surface area (TPSA) is 47.0 Å². The molecule has 0 unspecified atom stereocenters. The van der Waals surface area contributed by atoms with E-state index in [9.17, 15) is 0 Å². The highest BCUT2D eigenvalue weighted by Gasteiger charge is 2.05. The zero-order valence-corrected chi connectivity index (χ0v) is 11.5. The van der Waals surface area contributed by atoms with Crippen LogP contribution in [0.2, 0.25) is 5.02 Å². The molecule has 0 radical (unpaired) electrons. The largest absolute Gasteiger partial charge is 0.439 e. The van der Waals surface area contributed by atoms with Gasteiger partial charge in [-0.3, -0.25) is 0 Å². The molecule has 0 bridgehead atoms. The molecule has 0 aliphatic rings. The first-order chi connectivity index (χ1) is 8.71. The molecule has 0 atom stereocenters. The van der Waals surface area contributed by atoms with Crippen molar-refractivity contribution in [2.45, 2.75) is 5.16 Å². The van der Waals surface area contributed by atoms with Crippen molar-refractivity contribution in [3.05, 3.63) is 35.4 Å². The van der Waals surface area contributed by atoms with Gasteiger partial charge in [0.05, 0.1) is 0 Å². The van der Waals surface area contributed by atoms with E-state index in [1.54, 1.807) is 37.4 Å². The van der Waals surface area contributed by atoms with Crippen LogP contribution in [0.15, 0.2) is 35.5 Å². The Bertz CT molecular complexity index is 511. The number of benzene rings is 1. The molecular weight excluding hydrogens is 270 g/mol. The van der Waals surface area contributed by atoms with Crippen molar-refractivity contribution in [3.63, 3.8) is 0 Å². The van der Waals surface area contributed by atoms with Crippen LogP contribution in [-0.4, -0.2) is 23.3 Å². The molecule has 0 saturated carbocycles. The number of thioether (sulfide) groups is 1. The van der Waals surface area contributed by atoms with Crippen molar-refractivity contribution < 1.29 is 4.74 Å². The Kier molecular flexibility index (Phi) is 4.28. The lowest BCUT2D eigenvalue weighted by Crippen LogP contribution is -1.98. The van der Waals surface area contributed by atoms with Crippen LogP contribution >= 0.6 is 23.4 Å². The van der Waals surface area contributed by atoms with Crippen LogP contribution in [0.25, 0.3) is 0 Å². The molecular formula is C12H12ClN3OS. The van der Waals surface area contributed by atoms with Crippen LogP contribution in [0.1, 0.15) is 0 Å². The molecule has 0 amide bonds. The van der Waals surface area contributed by atoms with Crippen LogP contribution < -0.4 is 10.1 Å². The predicted octanol–water partition coefficient (Wildman–Crippen LogP) is 3.69. The van der Waals surface area contributed by atoms with Gasteiger partial charge in [-0.1, -0.05) is 23.4 Å². The quantitative estimate of drug-likeness (QED) is 0.684. The number of anilines is 1. The SMILES string of the molecule is CNc1cc(Oc2ccc(Cl)cc2)nc(SC)n1. The van der Waals surface area contributed by atoms with Gasteiger partial charge in [0.2, 0.25) is 5.88 Å². The maximum atomic E-state index is 5.82. The lowest BCUT2D eigenvalue weighted by Gasteiger charge is -2.07. The minimum atomic E-state index is 0.501. The molecule has 4 nitrogen and oxygen atoms in total. The van der Waals surface area contributed by atoms with Gasteiger partial charge in [0, 0.05) is 18.1 Å². The van der Waals surface area contributed by atoms with Crippen molar-refractivity contribution in [1.29, 1.82) is 0 Å². The third kappa shape index (κ3) is 3.27. The molecule has 1 N–H and O–H groups in total. The Morgan fingerprint density at radius 3 is 2.56 bits per heavy atom. The zero-order valence-electron chi connectivity index (χ0n) is 9.98. The van der Waals surface area contributed by atoms with Gasteiger partial charge in [-0.15, -0.1) is 0 Å². The first kappa shape index (κ1) is 13.0. The molecule has 1 heterocycles. The zero-order chi connectivity index (χ0) is 13.0. The molecule has 0 saturated heterocycles. The van der Waals surface area contributed by atoms with Gasteiger partial charge in [-0.25, -0.2) is 4.98 Å². The van der Waals surface area contributed by atoms with E-state index in [2.05, 4.69) is 15.3 Å². The van der Waals surface area contributed by atoms with Crippen molar-refractivity contribution >= 4 is 29.2 Å². The molecule has 18 heavy (non-hydrogen) atoms. The van der Waals surface area contributed by atoms with Gasteiger partial charge in [0.25, 0.3) is 0 Å². The van der Waals surface area contributed by atoms with Gasteiger partial charge >= 0.3 is 0 Å². The lowest BCUT2D eigenvalue weighted by atomic mass is 10.3. The number of hydrogen-bond donors (Lipinski definition) is 1. The number of ether oxygens (including phenoxy) is 1. The molecule has 2 rings (SSSR count). The smallest absolute Gasteiger partial charge is 0.225 e. The summed E-state index contributed by atoms with van der Waals surface area (Å²) in [5.41, 5.74) is 0. The summed E-state index contributed by atoms with van der Waals surface area (Å²) in [5, 5.41) is 4.30. The number of rotatable bonds is 4. The van der Waals surface area contributed by atoms with Crippen molar-refractivity contribution in [2.24, 2.45) is 0 Å². The third-order valence-electron chi connectivity index (χ3n) is 2.16. The summed E-state index contributed by atoms with van der Waals surface area (Å²) in [6.07, 6.45) is 1.92. The summed E-state index contributed by atoms with van der Waals surface area (Å²) in [5.74, 6) is 1.91. The van der Waals surface area contributed by atoms with E-state index in [1.165, 1.54) is 11.8 Å².